The summed E-state index contributed by atoms with van der Waals surface area (Å²) in [5.41, 5.74) is -0.777. The highest BCUT2D eigenvalue weighted by Gasteiger charge is 2.29. The lowest BCUT2D eigenvalue weighted by Gasteiger charge is -2.14. The standard InChI is InChI=1S/C11H11BrF2O4/c1-3-18-11(16)10(15)7-5(13)4-6(17-2)8(12)9(7)14/h4,10,15H,3H2,1-2H3. The summed E-state index contributed by atoms with van der Waals surface area (Å²) in [6.07, 6.45) is -2.02. The Morgan fingerprint density at radius 3 is 2.67 bits per heavy atom. The Hall–Kier alpha value is -1.21. The first-order valence-corrected chi connectivity index (χ1v) is 5.79. The third-order valence-electron chi connectivity index (χ3n) is 2.16. The van der Waals surface area contributed by atoms with Crippen molar-refractivity contribution in [2.45, 2.75) is 13.0 Å². The van der Waals surface area contributed by atoms with Crippen LogP contribution in [0.5, 0.6) is 5.75 Å². The smallest absolute Gasteiger partial charge is 0.339 e. The summed E-state index contributed by atoms with van der Waals surface area (Å²) in [6.45, 7) is 1.51. The molecule has 1 aromatic carbocycles. The molecule has 4 nitrogen and oxygen atoms in total. The normalized spacial score (nSPS) is 12.1. The third kappa shape index (κ3) is 2.78. The van der Waals surface area contributed by atoms with Gasteiger partial charge in [-0.1, -0.05) is 0 Å². The molecular formula is C11H11BrF2O4. The molecule has 0 aliphatic carbocycles. The van der Waals surface area contributed by atoms with Gasteiger partial charge in [-0.05, 0) is 22.9 Å². The van der Waals surface area contributed by atoms with Gasteiger partial charge in [0.05, 0.1) is 23.8 Å². The van der Waals surface area contributed by atoms with E-state index in [1.54, 1.807) is 0 Å². The number of benzene rings is 1. The predicted molar refractivity (Wildman–Crippen MR) is 62.2 cm³/mol. The molecule has 0 heterocycles. The number of aliphatic hydroxyl groups is 1. The Bertz CT molecular complexity index is 465. The molecular weight excluding hydrogens is 314 g/mol. The van der Waals surface area contributed by atoms with Gasteiger partial charge in [0, 0.05) is 6.07 Å². The first-order chi connectivity index (χ1) is 8.43. The van der Waals surface area contributed by atoms with Crippen LogP contribution in [0.3, 0.4) is 0 Å². The number of methoxy groups -OCH3 is 1. The van der Waals surface area contributed by atoms with Gasteiger partial charge in [-0.3, -0.25) is 0 Å². The molecule has 100 valence electrons. The van der Waals surface area contributed by atoms with E-state index >= 15 is 0 Å². The van der Waals surface area contributed by atoms with Crippen molar-refractivity contribution in [2.24, 2.45) is 0 Å². The molecule has 0 aromatic heterocycles. The largest absolute Gasteiger partial charge is 0.495 e. The van der Waals surface area contributed by atoms with Crippen LogP contribution in [0, 0.1) is 11.6 Å². The molecule has 0 saturated carbocycles. The van der Waals surface area contributed by atoms with E-state index in [-0.39, 0.29) is 16.8 Å². The molecule has 1 atom stereocenters. The van der Waals surface area contributed by atoms with E-state index in [0.717, 1.165) is 6.07 Å². The van der Waals surface area contributed by atoms with Crippen LogP contribution in [-0.4, -0.2) is 24.8 Å². The van der Waals surface area contributed by atoms with Gasteiger partial charge in [-0.15, -0.1) is 0 Å². The van der Waals surface area contributed by atoms with Gasteiger partial charge in [-0.2, -0.15) is 0 Å². The highest BCUT2D eigenvalue weighted by atomic mass is 79.9. The quantitative estimate of drug-likeness (QED) is 0.682. The van der Waals surface area contributed by atoms with Crippen molar-refractivity contribution in [3.05, 3.63) is 27.7 Å². The van der Waals surface area contributed by atoms with Gasteiger partial charge >= 0.3 is 5.97 Å². The fourth-order valence-electron chi connectivity index (χ4n) is 1.33. The molecule has 1 unspecified atom stereocenters. The minimum atomic E-state index is -2.02. The van der Waals surface area contributed by atoms with Crippen molar-refractivity contribution in [1.82, 2.24) is 0 Å². The topological polar surface area (TPSA) is 55.8 Å². The van der Waals surface area contributed by atoms with E-state index in [2.05, 4.69) is 20.7 Å². The molecule has 1 N–H and O–H groups in total. The average Bonchev–Trinajstić information content (AvgIpc) is 2.34. The lowest BCUT2D eigenvalue weighted by Crippen LogP contribution is -2.18. The minimum absolute atomic E-state index is 0.00352. The van der Waals surface area contributed by atoms with Gasteiger partial charge in [0.15, 0.2) is 6.10 Å². The maximum Gasteiger partial charge on any atom is 0.339 e. The van der Waals surface area contributed by atoms with Crippen LogP contribution in [0.2, 0.25) is 0 Å². The Balaban J connectivity index is 3.25. The van der Waals surface area contributed by atoms with Crippen LogP contribution in [0.1, 0.15) is 18.6 Å². The summed E-state index contributed by atoms with van der Waals surface area (Å²) in [5.74, 6) is -3.39. The molecule has 0 aliphatic rings. The summed E-state index contributed by atoms with van der Waals surface area (Å²) in [4.78, 5) is 11.3. The Morgan fingerprint density at radius 1 is 1.56 bits per heavy atom. The lowest BCUT2D eigenvalue weighted by molar-refractivity contribution is -0.153. The number of ether oxygens (including phenoxy) is 2. The second-order valence-corrected chi connectivity index (χ2v) is 4.05. The van der Waals surface area contributed by atoms with Gasteiger partial charge in [0.2, 0.25) is 0 Å². The van der Waals surface area contributed by atoms with E-state index in [4.69, 9.17) is 4.74 Å². The van der Waals surface area contributed by atoms with Crippen LogP contribution in [-0.2, 0) is 9.53 Å². The van der Waals surface area contributed by atoms with Crippen LogP contribution >= 0.6 is 15.9 Å². The number of rotatable bonds is 4. The second-order valence-electron chi connectivity index (χ2n) is 3.26. The fraction of sp³-hybridized carbons (Fsp3) is 0.364. The molecule has 18 heavy (non-hydrogen) atoms. The minimum Gasteiger partial charge on any atom is -0.495 e. The van der Waals surface area contributed by atoms with Crippen molar-refractivity contribution >= 4 is 21.9 Å². The number of carbonyl (C=O) groups is 1. The van der Waals surface area contributed by atoms with Gasteiger partial charge in [0.25, 0.3) is 0 Å². The maximum atomic E-state index is 13.8. The molecule has 7 heteroatoms. The van der Waals surface area contributed by atoms with Gasteiger partial charge < -0.3 is 14.6 Å². The van der Waals surface area contributed by atoms with Crippen LogP contribution < -0.4 is 4.74 Å². The van der Waals surface area contributed by atoms with E-state index in [9.17, 15) is 18.7 Å². The Kier molecular flexibility index (Phi) is 5.03. The first-order valence-electron chi connectivity index (χ1n) is 5.00. The summed E-state index contributed by atoms with van der Waals surface area (Å²) < 4.78 is 36.5. The zero-order chi connectivity index (χ0) is 13.9. The van der Waals surface area contributed by atoms with Crippen molar-refractivity contribution in [2.75, 3.05) is 13.7 Å². The number of carbonyl (C=O) groups excluding carboxylic acids is 1. The number of hydrogen-bond donors (Lipinski definition) is 1. The second kappa shape index (κ2) is 6.10. The monoisotopic (exact) mass is 324 g/mol. The predicted octanol–water partition coefficient (Wildman–Crippen LogP) is 2.33. The molecule has 0 fully saturated rings. The summed E-state index contributed by atoms with van der Waals surface area (Å²) in [7, 11) is 1.24. The maximum absolute atomic E-state index is 13.8. The third-order valence-corrected chi connectivity index (χ3v) is 2.90. The van der Waals surface area contributed by atoms with Gasteiger partial charge in [0.1, 0.15) is 17.4 Å². The summed E-state index contributed by atoms with van der Waals surface area (Å²) in [6, 6.07) is 0.866. The lowest BCUT2D eigenvalue weighted by atomic mass is 10.1. The number of aliphatic hydroxyl groups excluding tert-OH is 1. The molecule has 1 aromatic rings. The van der Waals surface area contributed by atoms with Crippen LogP contribution in [0.15, 0.2) is 10.5 Å². The number of hydrogen-bond acceptors (Lipinski definition) is 4. The Morgan fingerprint density at radius 2 is 2.17 bits per heavy atom. The van der Waals surface area contributed by atoms with Crippen molar-refractivity contribution in [3.8, 4) is 5.75 Å². The highest BCUT2D eigenvalue weighted by molar-refractivity contribution is 9.10. The number of halogens is 3. The van der Waals surface area contributed by atoms with Gasteiger partial charge in [-0.25, -0.2) is 13.6 Å². The number of esters is 1. The SMILES string of the molecule is CCOC(=O)C(O)c1c(F)cc(OC)c(Br)c1F. The molecule has 0 spiro atoms. The zero-order valence-electron chi connectivity index (χ0n) is 9.67. The first kappa shape index (κ1) is 14.8. The molecule has 1 rings (SSSR count). The molecule has 0 amide bonds. The van der Waals surface area contributed by atoms with Crippen molar-refractivity contribution in [1.29, 1.82) is 0 Å². The molecule has 0 aliphatic heterocycles. The van der Waals surface area contributed by atoms with E-state index in [1.807, 2.05) is 0 Å². The average molecular weight is 325 g/mol. The highest BCUT2D eigenvalue weighted by Crippen LogP contribution is 2.34. The van der Waals surface area contributed by atoms with Crippen LogP contribution in [0.4, 0.5) is 8.78 Å². The molecule has 0 saturated heterocycles. The van der Waals surface area contributed by atoms with E-state index in [1.165, 1.54) is 14.0 Å². The van der Waals surface area contributed by atoms with Crippen LogP contribution in [0.25, 0.3) is 0 Å². The zero-order valence-corrected chi connectivity index (χ0v) is 11.3. The fourth-order valence-corrected chi connectivity index (χ4v) is 1.82. The van der Waals surface area contributed by atoms with Crippen molar-refractivity contribution < 1.29 is 28.2 Å². The Labute approximate surface area is 111 Å². The van der Waals surface area contributed by atoms with Crippen molar-refractivity contribution in [3.63, 3.8) is 0 Å². The summed E-state index contributed by atoms with van der Waals surface area (Å²) in [5, 5.41) is 9.55. The summed E-state index contributed by atoms with van der Waals surface area (Å²) >= 11 is 2.85. The van der Waals surface area contributed by atoms with E-state index < -0.39 is 29.3 Å². The van der Waals surface area contributed by atoms with E-state index in [0.29, 0.717) is 0 Å². The molecule has 0 radical (unpaired) electrons. The molecule has 0 bridgehead atoms.